The summed E-state index contributed by atoms with van der Waals surface area (Å²) in [6, 6.07) is 19.8. The van der Waals surface area contributed by atoms with Crippen molar-refractivity contribution in [1.29, 1.82) is 0 Å². The molecule has 0 aromatic heterocycles. The summed E-state index contributed by atoms with van der Waals surface area (Å²) in [5.74, 6) is 0.616. The monoisotopic (exact) mass is 333 g/mol. The molecule has 0 unspecified atom stereocenters. The molecule has 3 rings (SSSR count). The molecule has 0 aliphatic heterocycles. The standard InChI is InChI=1S/C22H23NO2/c1-4-20(22(24)23-19-13-7-9-15(2)16(19)3)25-21-14-8-11-17-10-5-6-12-18(17)21/h5-14,20H,4H2,1-3H3,(H,23,24)/t20-/m0/s1. The van der Waals surface area contributed by atoms with Crippen LogP contribution in [0.15, 0.2) is 60.7 Å². The second-order valence-corrected chi connectivity index (χ2v) is 6.23. The molecule has 0 bridgehead atoms. The molecule has 1 N–H and O–H groups in total. The van der Waals surface area contributed by atoms with Gasteiger partial charge in [0.25, 0.3) is 5.91 Å². The molecule has 128 valence electrons. The van der Waals surface area contributed by atoms with E-state index in [1.165, 1.54) is 0 Å². The van der Waals surface area contributed by atoms with E-state index in [1.807, 2.05) is 81.4 Å². The Kier molecular flexibility index (Phi) is 5.03. The van der Waals surface area contributed by atoms with Crippen LogP contribution in [-0.2, 0) is 4.79 Å². The molecule has 0 spiro atoms. The van der Waals surface area contributed by atoms with Crippen molar-refractivity contribution in [2.24, 2.45) is 0 Å². The van der Waals surface area contributed by atoms with Gasteiger partial charge in [0.15, 0.2) is 6.10 Å². The summed E-state index contributed by atoms with van der Waals surface area (Å²) < 4.78 is 6.07. The Morgan fingerprint density at radius 1 is 1.00 bits per heavy atom. The van der Waals surface area contributed by atoms with E-state index in [0.29, 0.717) is 6.42 Å². The minimum absolute atomic E-state index is 0.121. The largest absolute Gasteiger partial charge is 0.480 e. The van der Waals surface area contributed by atoms with Gasteiger partial charge in [-0.15, -0.1) is 0 Å². The van der Waals surface area contributed by atoms with Crippen molar-refractivity contribution in [2.45, 2.75) is 33.3 Å². The number of hydrogen-bond donors (Lipinski definition) is 1. The second-order valence-electron chi connectivity index (χ2n) is 6.23. The number of rotatable bonds is 5. The van der Waals surface area contributed by atoms with E-state index in [1.54, 1.807) is 0 Å². The highest BCUT2D eigenvalue weighted by atomic mass is 16.5. The zero-order valence-electron chi connectivity index (χ0n) is 14.9. The van der Waals surface area contributed by atoms with E-state index in [2.05, 4.69) is 5.32 Å². The molecule has 3 aromatic carbocycles. The van der Waals surface area contributed by atoms with Gasteiger partial charge >= 0.3 is 0 Å². The van der Waals surface area contributed by atoms with E-state index in [9.17, 15) is 4.79 Å². The summed E-state index contributed by atoms with van der Waals surface area (Å²) in [5, 5.41) is 5.12. The molecule has 0 heterocycles. The lowest BCUT2D eigenvalue weighted by Gasteiger charge is -2.19. The van der Waals surface area contributed by atoms with Gasteiger partial charge in [0.2, 0.25) is 0 Å². The first kappa shape index (κ1) is 17.0. The van der Waals surface area contributed by atoms with Gasteiger partial charge in [-0.25, -0.2) is 0 Å². The molecule has 25 heavy (non-hydrogen) atoms. The van der Waals surface area contributed by atoms with Gasteiger partial charge < -0.3 is 10.1 Å². The number of ether oxygens (including phenoxy) is 1. The molecule has 0 saturated carbocycles. The van der Waals surface area contributed by atoms with Gasteiger partial charge in [-0.2, -0.15) is 0 Å². The number of amides is 1. The highest BCUT2D eigenvalue weighted by Gasteiger charge is 2.20. The van der Waals surface area contributed by atoms with Crippen molar-refractivity contribution in [2.75, 3.05) is 5.32 Å². The predicted octanol–water partition coefficient (Wildman–Crippen LogP) is 5.25. The summed E-state index contributed by atoms with van der Waals surface area (Å²) >= 11 is 0. The van der Waals surface area contributed by atoms with Crippen molar-refractivity contribution in [1.82, 2.24) is 0 Å². The minimum Gasteiger partial charge on any atom is -0.480 e. The van der Waals surface area contributed by atoms with Gasteiger partial charge in [0, 0.05) is 11.1 Å². The summed E-state index contributed by atoms with van der Waals surface area (Å²) in [6.45, 7) is 6.00. The zero-order chi connectivity index (χ0) is 17.8. The molecule has 0 aliphatic rings. The topological polar surface area (TPSA) is 38.3 Å². The van der Waals surface area contributed by atoms with E-state index < -0.39 is 6.10 Å². The van der Waals surface area contributed by atoms with Gasteiger partial charge in [-0.3, -0.25) is 4.79 Å². The fourth-order valence-corrected chi connectivity index (χ4v) is 2.87. The van der Waals surface area contributed by atoms with Gasteiger partial charge in [-0.1, -0.05) is 55.5 Å². The third-order valence-electron chi connectivity index (χ3n) is 4.54. The number of hydrogen-bond acceptors (Lipinski definition) is 2. The Balaban J connectivity index is 1.82. The number of fused-ring (bicyclic) bond motifs is 1. The maximum atomic E-state index is 12.7. The fraction of sp³-hybridized carbons (Fsp3) is 0.227. The van der Waals surface area contributed by atoms with E-state index in [-0.39, 0.29) is 5.91 Å². The van der Waals surface area contributed by atoms with Crippen LogP contribution in [0.2, 0.25) is 0 Å². The lowest BCUT2D eigenvalue weighted by Crippen LogP contribution is -2.32. The number of anilines is 1. The van der Waals surface area contributed by atoms with Crippen molar-refractivity contribution in [3.05, 3.63) is 71.8 Å². The van der Waals surface area contributed by atoms with E-state index in [4.69, 9.17) is 4.74 Å². The van der Waals surface area contributed by atoms with Crippen LogP contribution in [0, 0.1) is 13.8 Å². The summed E-state index contributed by atoms with van der Waals surface area (Å²) in [7, 11) is 0. The molecule has 0 saturated heterocycles. The van der Waals surface area contributed by atoms with Crippen LogP contribution >= 0.6 is 0 Å². The Bertz CT molecular complexity index is 896. The Labute approximate surface area is 148 Å². The molecule has 3 nitrogen and oxygen atoms in total. The maximum absolute atomic E-state index is 12.7. The number of carbonyl (C=O) groups excluding carboxylic acids is 1. The normalized spacial score (nSPS) is 12.0. The van der Waals surface area contributed by atoms with Crippen LogP contribution in [0.3, 0.4) is 0 Å². The van der Waals surface area contributed by atoms with Gasteiger partial charge in [-0.05, 0) is 48.9 Å². The Morgan fingerprint density at radius 2 is 1.72 bits per heavy atom. The van der Waals surface area contributed by atoms with E-state index in [0.717, 1.165) is 33.3 Å². The van der Waals surface area contributed by atoms with Crippen LogP contribution in [0.25, 0.3) is 10.8 Å². The highest BCUT2D eigenvalue weighted by molar-refractivity contribution is 5.96. The SMILES string of the molecule is CC[C@H](Oc1cccc2ccccc12)C(=O)Nc1cccc(C)c1C. The van der Waals surface area contributed by atoms with Crippen molar-refractivity contribution in [3.63, 3.8) is 0 Å². The average molecular weight is 333 g/mol. The van der Waals surface area contributed by atoms with Crippen LogP contribution in [0.4, 0.5) is 5.69 Å². The first-order valence-electron chi connectivity index (χ1n) is 8.61. The molecular weight excluding hydrogens is 310 g/mol. The van der Waals surface area contributed by atoms with Crippen LogP contribution in [0.1, 0.15) is 24.5 Å². The fourth-order valence-electron chi connectivity index (χ4n) is 2.87. The number of nitrogens with one attached hydrogen (secondary N) is 1. The third kappa shape index (κ3) is 3.66. The highest BCUT2D eigenvalue weighted by Crippen LogP contribution is 2.27. The quantitative estimate of drug-likeness (QED) is 0.692. The second kappa shape index (κ2) is 7.39. The first-order chi connectivity index (χ1) is 12.1. The number of benzene rings is 3. The van der Waals surface area contributed by atoms with Crippen LogP contribution in [0.5, 0.6) is 5.75 Å². The lowest BCUT2D eigenvalue weighted by atomic mass is 10.1. The maximum Gasteiger partial charge on any atom is 0.265 e. The lowest BCUT2D eigenvalue weighted by molar-refractivity contribution is -0.122. The van der Waals surface area contributed by atoms with Crippen molar-refractivity contribution in [3.8, 4) is 5.75 Å². The smallest absolute Gasteiger partial charge is 0.265 e. The minimum atomic E-state index is -0.536. The molecule has 0 fully saturated rings. The zero-order valence-corrected chi connectivity index (χ0v) is 14.9. The summed E-state index contributed by atoms with van der Waals surface area (Å²) in [6.07, 6.45) is 0.0608. The molecule has 1 atom stereocenters. The number of aryl methyl sites for hydroxylation is 1. The molecule has 0 radical (unpaired) electrons. The molecule has 3 aromatic rings. The van der Waals surface area contributed by atoms with Crippen LogP contribution in [-0.4, -0.2) is 12.0 Å². The molecule has 0 aliphatic carbocycles. The van der Waals surface area contributed by atoms with Crippen molar-refractivity contribution >= 4 is 22.4 Å². The molecular formula is C22H23NO2. The van der Waals surface area contributed by atoms with E-state index >= 15 is 0 Å². The Morgan fingerprint density at radius 3 is 2.52 bits per heavy atom. The van der Waals surface area contributed by atoms with Gasteiger partial charge in [0.1, 0.15) is 5.75 Å². The average Bonchev–Trinajstić information content (AvgIpc) is 2.63. The Hall–Kier alpha value is -2.81. The summed E-state index contributed by atoms with van der Waals surface area (Å²) in [4.78, 5) is 12.7. The van der Waals surface area contributed by atoms with Crippen LogP contribution < -0.4 is 10.1 Å². The predicted molar refractivity (Wildman–Crippen MR) is 103 cm³/mol. The third-order valence-corrected chi connectivity index (χ3v) is 4.54. The van der Waals surface area contributed by atoms with Crippen molar-refractivity contribution < 1.29 is 9.53 Å². The first-order valence-corrected chi connectivity index (χ1v) is 8.61. The molecule has 3 heteroatoms. The molecule has 1 amide bonds. The summed E-state index contributed by atoms with van der Waals surface area (Å²) in [5.41, 5.74) is 3.07. The number of carbonyl (C=O) groups is 1. The van der Waals surface area contributed by atoms with Gasteiger partial charge in [0.05, 0.1) is 0 Å².